The Morgan fingerprint density at radius 2 is 2.03 bits per heavy atom. The summed E-state index contributed by atoms with van der Waals surface area (Å²) in [4.78, 5) is 26.2. The molecule has 8 nitrogen and oxygen atoms in total. The fraction of sp³-hybridized carbons (Fsp3) is 0.308. The zero-order valence-electron chi connectivity index (χ0n) is 19.4. The van der Waals surface area contributed by atoms with Gasteiger partial charge in [0.2, 0.25) is 0 Å². The molecule has 0 saturated carbocycles. The van der Waals surface area contributed by atoms with Crippen LogP contribution in [0, 0.1) is 16.7 Å². The molecule has 4 rings (SSSR count). The van der Waals surface area contributed by atoms with Crippen LogP contribution in [0.25, 0.3) is 0 Å². The van der Waals surface area contributed by atoms with E-state index in [0.29, 0.717) is 36.3 Å². The van der Waals surface area contributed by atoms with Crippen LogP contribution in [-0.4, -0.2) is 38.3 Å². The van der Waals surface area contributed by atoms with Crippen LogP contribution in [-0.2, 0) is 13.0 Å². The molecule has 1 aliphatic rings. The minimum atomic E-state index is -0.927. The van der Waals surface area contributed by atoms with Gasteiger partial charge >= 0.3 is 6.09 Å². The fourth-order valence-electron chi connectivity index (χ4n) is 4.55. The summed E-state index contributed by atoms with van der Waals surface area (Å²) in [7, 11) is 0. The van der Waals surface area contributed by atoms with Gasteiger partial charge in [0, 0.05) is 18.3 Å². The molecule has 2 heterocycles. The number of carboxylic acid groups (broad SMARTS) is 1. The summed E-state index contributed by atoms with van der Waals surface area (Å²) in [5, 5.41) is 25.9. The number of hydrogen-bond donors (Lipinski definition) is 2. The van der Waals surface area contributed by atoms with E-state index in [1.165, 1.54) is 4.90 Å². The van der Waals surface area contributed by atoms with Gasteiger partial charge in [-0.1, -0.05) is 39.0 Å². The van der Waals surface area contributed by atoms with Gasteiger partial charge in [-0.3, -0.25) is 9.48 Å². The predicted octanol–water partition coefficient (Wildman–Crippen LogP) is 4.68. The first kappa shape index (κ1) is 23.1. The van der Waals surface area contributed by atoms with Gasteiger partial charge in [-0.25, -0.2) is 4.79 Å². The largest absolute Gasteiger partial charge is 0.465 e. The number of fused-ring (bicyclic) bond motifs is 1. The van der Waals surface area contributed by atoms with Crippen molar-refractivity contribution in [3.8, 4) is 6.07 Å². The summed E-state index contributed by atoms with van der Waals surface area (Å²) < 4.78 is 1.70. The Morgan fingerprint density at radius 1 is 1.24 bits per heavy atom. The molecule has 1 atom stereocenters. The van der Waals surface area contributed by atoms with E-state index in [4.69, 9.17) is 5.26 Å². The normalized spacial score (nSPS) is 15.4. The minimum absolute atomic E-state index is 0.248. The van der Waals surface area contributed by atoms with Crippen LogP contribution in [0.15, 0.2) is 54.9 Å². The summed E-state index contributed by atoms with van der Waals surface area (Å²) in [6, 6.07) is 14.6. The zero-order chi connectivity index (χ0) is 24.5. The quantitative estimate of drug-likeness (QED) is 0.591. The van der Waals surface area contributed by atoms with Gasteiger partial charge in [0.15, 0.2) is 0 Å². The third-order valence-electron chi connectivity index (χ3n) is 5.99. The summed E-state index contributed by atoms with van der Waals surface area (Å²) in [6.07, 6.45) is 2.97. The van der Waals surface area contributed by atoms with Crippen molar-refractivity contribution in [3.05, 3.63) is 82.7 Å². The Morgan fingerprint density at radius 3 is 2.74 bits per heavy atom. The maximum Gasteiger partial charge on any atom is 0.407 e. The highest BCUT2D eigenvalue weighted by atomic mass is 16.4. The molecule has 8 heteroatoms. The van der Waals surface area contributed by atoms with Gasteiger partial charge in [0.05, 0.1) is 36.1 Å². The maximum atomic E-state index is 12.9. The number of nitrogens with zero attached hydrogens (tertiary/aromatic N) is 4. The first-order valence-electron chi connectivity index (χ1n) is 11.1. The Balaban J connectivity index is 1.50. The van der Waals surface area contributed by atoms with Crippen LogP contribution in [0.2, 0.25) is 0 Å². The van der Waals surface area contributed by atoms with Crippen molar-refractivity contribution in [2.24, 2.45) is 5.41 Å². The van der Waals surface area contributed by atoms with E-state index in [1.807, 2.05) is 51.1 Å². The average molecular weight is 458 g/mol. The smallest absolute Gasteiger partial charge is 0.407 e. The SMILES string of the molecule is CC(C)(C)C1c2ccc(C(=O)Nc3cnn(Cc4cccc(C#N)c4)c3)cc2CCN1C(=O)O. The van der Waals surface area contributed by atoms with Crippen LogP contribution >= 0.6 is 0 Å². The molecule has 2 aromatic carbocycles. The molecule has 0 spiro atoms. The molecule has 174 valence electrons. The fourth-order valence-corrected chi connectivity index (χ4v) is 4.55. The lowest BCUT2D eigenvalue weighted by Gasteiger charge is -2.43. The van der Waals surface area contributed by atoms with Gasteiger partial charge in [-0.2, -0.15) is 10.4 Å². The van der Waals surface area contributed by atoms with E-state index in [2.05, 4.69) is 16.5 Å². The molecule has 34 heavy (non-hydrogen) atoms. The molecule has 0 fully saturated rings. The summed E-state index contributed by atoms with van der Waals surface area (Å²) in [5.74, 6) is -0.248. The number of rotatable bonds is 4. The molecular weight excluding hydrogens is 430 g/mol. The van der Waals surface area contributed by atoms with Gasteiger partial charge in [-0.05, 0) is 52.8 Å². The number of benzene rings is 2. The first-order chi connectivity index (χ1) is 16.2. The maximum absolute atomic E-state index is 12.9. The second kappa shape index (κ2) is 9.02. The van der Waals surface area contributed by atoms with E-state index in [-0.39, 0.29) is 17.4 Å². The van der Waals surface area contributed by atoms with Gasteiger partial charge in [0.1, 0.15) is 0 Å². The van der Waals surface area contributed by atoms with Crippen molar-refractivity contribution in [1.82, 2.24) is 14.7 Å². The first-order valence-corrected chi connectivity index (χ1v) is 11.1. The van der Waals surface area contributed by atoms with Crippen molar-refractivity contribution in [1.29, 1.82) is 5.26 Å². The number of anilines is 1. The van der Waals surface area contributed by atoms with Crippen LogP contribution in [0.4, 0.5) is 10.5 Å². The topological polar surface area (TPSA) is 111 Å². The monoisotopic (exact) mass is 457 g/mol. The minimum Gasteiger partial charge on any atom is -0.465 e. The van der Waals surface area contributed by atoms with E-state index >= 15 is 0 Å². The Kier molecular flexibility index (Phi) is 6.12. The van der Waals surface area contributed by atoms with Crippen LogP contribution in [0.5, 0.6) is 0 Å². The Labute approximate surface area is 198 Å². The van der Waals surface area contributed by atoms with Crippen molar-refractivity contribution >= 4 is 17.7 Å². The molecule has 0 radical (unpaired) electrons. The van der Waals surface area contributed by atoms with Gasteiger partial charge in [0.25, 0.3) is 5.91 Å². The molecule has 0 saturated heterocycles. The number of aromatic nitrogens is 2. The molecule has 0 aliphatic carbocycles. The van der Waals surface area contributed by atoms with Crippen LogP contribution in [0.3, 0.4) is 0 Å². The molecule has 1 aromatic heterocycles. The average Bonchev–Trinajstić information content (AvgIpc) is 3.23. The van der Waals surface area contributed by atoms with Crippen LogP contribution < -0.4 is 5.32 Å². The van der Waals surface area contributed by atoms with Crippen molar-refractivity contribution in [3.63, 3.8) is 0 Å². The standard InChI is InChI=1S/C26H27N5O3/c1-26(2,3)23-22-8-7-20(12-19(22)9-10-31(23)25(33)34)24(32)29-21-14-28-30(16-21)15-18-6-4-5-17(11-18)13-27/h4-8,11-12,14,16,23H,9-10,15H2,1-3H3,(H,29,32)(H,33,34). The second-order valence-corrected chi connectivity index (χ2v) is 9.60. The van der Waals surface area contributed by atoms with E-state index in [0.717, 1.165) is 16.7 Å². The van der Waals surface area contributed by atoms with Crippen molar-refractivity contribution in [2.75, 3.05) is 11.9 Å². The molecular formula is C26H27N5O3. The molecule has 2 N–H and O–H groups in total. The van der Waals surface area contributed by atoms with E-state index in [9.17, 15) is 14.7 Å². The lowest BCUT2D eigenvalue weighted by Crippen LogP contribution is -2.44. The van der Waals surface area contributed by atoms with E-state index in [1.54, 1.807) is 29.2 Å². The third kappa shape index (κ3) is 4.79. The second-order valence-electron chi connectivity index (χ2n) is 9.60. The summed E-state index contributed by atoms with van der Waals surface area (Å²) in [5.41, 5.74) is 4.29. The van der Waals surface area contributed by atoms with Crippen molar-refractivity contribution < 1.29 is 14.7 Å². The highest BCUT2D eigenvalue weighted by molar-refractivity contribution is 6.04. The molecule has 1 unspecified atom stereocenters. The Bertz CT molecular complexity index is 1280. The lowest BCUT2D eigenvalue weighted by molar-refractivity contribution is 0.0758. The number of nitriles is 1. The van der Waals surface area contributed by atoms with E-state index < -0.39 is 6.09 Å². The Hall–Kier alpha value is -4.12. The number of nitrogens with one attached hydrogen (secondary N) is 1. The number of hydrogen-bond acceptors (Lipinski definition) is 4. The molecule has 1 aliphatic heterocycles. The number of carbonyl (C=O) groups excluding carboxylic acids is 1. The third-order valence-corrected chi connectivity index (χ3v) is 5.99. The highest BCUT2D eigenvalue weighted by Crippen LogP contribution is 2.42. The zero-order valence-corrected chi connectivity index (χ0v) is 19.4. The number of amides is 2. The highest BCUT2D eigenvalue weighted by Gasteiger charge is 2.38. The molecule has 2 amide bonds. The number of carbonyl (C=O) groups is 2. The van der Waals surface area contributed by atoms with Gasteiger partial charge in [-0.15, -0.1) is 0 Å². The molecule has 0 bridgehead atoms. The van der Waals surface area contributed by atoms with Crippen molar-refractivity contribution in [2.45, 2.75) is 39.8 Å². The lowest BCUT2D eigenvalue weighted by atomic mass is 9.77. The summed E-state index contributed by atoms with van der Waals surface area (Å²) >= 11 is 0. The van der Waals surface area contributed by atoms with Crippen LogP contribution in [0.1, 0.15) is 59.4 Å². The van der Waals surface area contributed by atoms with Gasteiger partial charge < -0.3 is 15.3 Å². The summed E-state index contributed by atoms with van der Waals surface area (Å²) in [6.45, 7) is 6.96. The predicted molar refractivity (Wildman–Crippen MR) is 128 cm³/mol. The molecule has 3 aromatic rings.